The molecular weight excluding hydrogens is 371 g/mol. The van der Waals surface area contributed by atoms with Crippen molar-refractivity contribution in [3.8, 4) is 0 Å². The van der Waals surface area contributed by atoms with Gasteiger partial charge >= 0.3 is 0 Å². The van der Waals surface area contributed by atoms with Crippen LogP contribution in [0, 0.1) is 11.7 Å². The molecule has 0 aliphatic carbocycles. The predicted octanol–water partition coefficient (Wildman–Crippen LogP) is 2.55. The maximum absolute atomic E-state index is 13.0. The second-order valence-corrected chi connectivity index (χ2v) is 7.13. The lowest BCUT2D eigenvalue weighted by Gasteiger charge is -2.30. The van der Waals surface area contributed by atoms with E-state index in [1.165, 1.54) is 23.9 Å². The summed E-state index contributed by atoms with van der Waals surface area (Å²) in [5.41, 5.74) is 6.24. The predicted molar refractivity (Wildman–Crippen MR) is 88.8 cm³/mol. The van der Waals surface area contributed by atoms with Crippen molar-refractivity contribution in [2.45, 2.75) is 18.6 Å². The summed E-state index contributed by atoms with van der Waals surface area (Å²) < 4.78 is 13.7. The lowest BCUT2D eigenvalue weighted by molar-refractivity contribution is -0.132. The van der Waals surface area contributed by atoms with Crippen molar-refractivity contribution in [1.29, 1.82) is 0 Å². The van der Waals surface area contributed by atoms with Crippen LogP contribution in [0.2, 0.25) is 0 Å². The van der Waals surface area contributed by atoms with Gasteiger partial charge in [0.05, 0.1) is 5.75 Å². The Hall–Kier alpha value is -1.08. The number of carbonyl (C=O) groups excluding carboxylic acids is 2. The first-order valence-corrected chi connectivity index (χ1v) is 9.01. The van der Waals surface area contributed by atoms with Gasteiger partial charge in [0, 0.05) is 29.2 Å². The molecular formula is C15H18BrFN2O2S. The Labute approximate surface area is 141 Å². The van der Waals surface area contributed by atoms with Crippen LogP contribution in [0.3, 0.4) is 0 Å². The molecule has 0 bridgehead atoms. The third kappa shape index (κ3) is 4.71. The zero-order chi connectivity index (χ0) is 16.1. The van der Waals surface area contributed by atoms with E-state index in [1.807, 2.05) is 0 Å². The first-order chi connectivity index (χ1) is 10.5. The van der Waals surface area contributed by atoms with Gasteiger partial charge in [0.2, 0.25) is 11.8 Å². The highest BCUT2D eigenvalue weighted by molar-refractivity contribution is 9.10. The van der Waals surface area contributed by atoms with E-state index in [-0.39, 0.29) is 23.5 Å². The lowest BCUT2D eigenvalue weighted by Crippen LogP contribution is -2.42. The summed E-state index contributed by atoms with van der Waals surface area (Å²) in [6, 6.07) is 4.55. The van der Waals surface area contributed by atoms with Crippen LogP contribution in [0.25, 0.3) is 0 Å². The van der Waals surface area contributed by atoms with E-state index >= 15 is 0 Å². The van der Waals surface area contributed by atoms with Gasteiger partial charge in [-0.1, -0.05) is 22.0 Å². The van der Waals surface area contributed by atoms with Gasteiger partial charge in [-0.25, -0.2) is 4.39 Å². The van der Waals surface area contributed by atoms with E-state index in [0.717, 1.165) is 10.0 Å². The van der Waals surface area contributed by atoms with Crippen LogP contribution in [0.4, 0.5) is 4.39 Å². The quantitative estimate of drug-likeness (QED) is 0.842. The van der Waals surface area contributed by atoms with Gasteiger partial charge in [-0.2, -0.15) is 0 Å². The van der Waals surface area contributed by atoms with Crippen LogP contribution in [0.1, 0.15) is 18.4 Å². The van der Waals surface area contributed by atoms with Crippen molar-refractivity contribution in [2.75, 3.05) is 18.8 Å². The Morgan fingerprint density at radius 3 is 2.64 bits per heavy atom. The molecule has 0 radical (unpaired) electrons. The average Bonchev–Trinajstić information content (AvgIpc) is 2.49. The fraction of sp³-hybridized carbons (Fsp3) is 0.467. The van der Waals surface area contributed by atoms with E-state index in [4.69, 9.17) is 5.73 Å². The van der Waals surface area contributed by atoms with Crippen LogP contribution < -0.4 is 5.73 Å². The maximum atomic E-state index is 13.0. The monoisotopic (exact) mass is 388 g/mol. The third-order valence-electron chi connectivity index (χ3n) is 3.75. The lowest BCUT2D eigenvalue weighted by atomic mass is 9.96. The summed E-state index contributed by atoms with van der Waals surface area (Å²) >= 11 is 4.82. The van der Waals surface area contributed by atoms with Gasteiger partial charge in [0.1, 0.15) is 5.82 Å². The molecule has 2 amide bonds. The number of carbonyl (C=O) groups is 2. The van der Waals surface area contributed by atoms with Gasteiger partial charge in [-0.15, -0.1) is 11.8 Å². The zero-order valence-electron chi connectivity index (χ0n) is 12.1. The number of piperidine rings is 1. The minimum atomic E-state index is -0.283. The summed E-state index contributed by atoms with van der Waals surface area (Å²) in [6.45, 7) is 1.18. The first kappa shape index (κ1) is 17.3. The molecule has 22 heavy (non-hydrogen) atoms. The molecule has 0 atom stereocenters. The fourth-order valence-electron chi connectivity index (χ4n) is 2.39. The second kappa shape index (κ2) is 7.97. The molecule has 0 aromatic heterocycles. The van der Waals surface area contributed by atoms with Crippen molar-refractivity contribution in [1.82, 2.24) is 4.90 Å². The third-order valence-corrected chi connectivity index (χ3v) is 5.45. The summed E-state index contributed by atoms with van der Waals surface area (Å²) in [7, 11) is 0. The minimum absolute atomic E-state index is 0.0751. The number of hydrogen-bond acceptors (Lipinski definition) is 3. The molecule has 7 heteroatoms. The molecule has 2 rings (SSSR count). The van der Waals surface area contributed by atoms with Gasteiger partial charge in [-0.05, 0) is 30.5 Å². The summed E-state index contributed by atoms with van der Waals surface area (Å²) in [6.07, 6.45) is 1.30. The van der Waals surface area contributed by atoms with Crippen molar-refractivity contribution in [3.63, 3.8) is 0 Å². The number of rotatable bonds is 5. The topological polar surface area (TPSA) is 63.4 Å². The van der Waals surface area contributed by atoms with Gasteiger partial charge < -0.3 is 10.6 Å². The average molecular weight is 389 g/mol. The van der Waals surface area contributed by atoms with Crippen LogP contribution in [-0.2, 0) is 15.3 Å². The molecule has 1 saturated heterocycles. The molecule has 1 aliphatic rings. The molecule has 120 valence electrons. The zero-order valence-corrected chi connectivity index (χ0v) is 14.5. The molecule has 4 nitrogen and oxygen atoms in total. The summed E-state index contributed by atoms with van der Waals surface area (Å²) in [5, 5.41) is 0. The van der Waals surface area contributed by atoms with Crippen LogP contribution in [0.5, 0.6) is 0 Å². The number of nitrogens with two attached hydrogens (primary N) is 1. The molecule has 0 unspecified atom stereocenters. The van der Waals surface area contributed by atoms with Crippen molar-refractivity contribution in [3.05, 3.63) is 34.1 Å². The van der Waals surface area contributed by atoms with Crippen LogP contribution >= 0.6 is 27.7 Å². The molecule has 1 heterocycles. The highest BCUT2D eigenvalue weighted by Crippen LogP contribution is 2.23. The molecule has 1 aromatic carbocycles. The molecule has 0 spiro atoms. The molecule has 0 saturated carbocycles. The number of thioether (sulfide) groups is 1. The van der Waals surface area contributed by atoms with E-state index < -0.39 is 0 Å². The molecule has 2 N–H and O–H groups in total. The maximum Gasteiger partial charge on any atom is 0.232 e. The number of hydrogen-bond donors (Lipinski definition) is 1. The number of nitrogens with zero attached hydrogens (tertiary/aromatic N) is 1. The van der Waals surface area contributed by atoms with Gasteiger partial charge in [0.15, 0.2) is 0 Å². The summed E-state index contributed by atoms with van der Waals surface area (Å²) in [4.78, 5) is 25.0. The van der Waals surface area contributed by atoms with Gasteiger partial charge in [-0.3, -0.25) is 9.59 Å². The Kier molecular flexibility index (Phi) is 6.26. The standard InChI is InChI=1S/C15H18BrFN2O2S/c16-13-7-12(17)2-1-11(13)8-22-9-14(20)19-5-3-10(4-6-19)15(18)21/h1-2,7,10H,3-6,8-9H2,(H2,18,21). The fourth-order valence-corrected chi connectivity index (χ4v) is 4.00. The number of benzene rings is 1. The SMILES string of the molecule is NC(=O)C1CCN(C(=O)CSCc2ccc(F)cc2Br)CC1. The summed E-state index contributed by atoms with van der Waals surface area (Å²) in [5.74, 6) is 0.435. The Bertz CT molecular complexity index is 562. The molecule has 1 aromatic rings. The van der Waals surface area contributed by atoms with Crippen molar-refractivity contribution >= 4 is 39.5 Å². The highest BCUT2D eigenvalue weighted by atomic mass is 79.9. The smallest absolute Gasteiger partial charge is 0.232 e. The normalized spacial score (nSPS) is 15.8. The highest BCUT2D eigenvalue weighted by Gasteiger charge is 2.25. The van der Waals surface area contributed by atoms with Crippen molar-refractivity contribution in [2.24, 2.45) is 11.7 Å². The number of amides is 2. The van der Waals surface area contributed by atoms with E-state index in [2.05, 4.69) is 15.9 Å². The number of halogens is 2. The number of likely N-dealkylation sites (tertiary alicyclic amines) is 1. The molecule has 1 fully saturated rings. The van der Waals surface area contributed by atoms with Crippen LogP contribution in [0.15, 0.2) is 22.7 Å². The largest absolute Gasteiger partial charge is 0.369 e. The number of primary amides is 1. The Balaban J connectivity index is 1.75. The van der Waals surface area contributed by atoms with E-state index in [1.54, 1.807) is 11.0 Å². The van der Waals surface area contributed by atoms with E-state index in [0.29, 0.717) is 37.4 Å². The van der Waals surface area contributed by atoms with E-state index in [9.17, 15) is 14.0 Å². The minimum Gasteiger partial charge on any atom is -0.369 e. The molecule has 1 aliphatic heterocycles. The van der Waals surface area contributed by atoms with Crippen molar-refractivity contribution < 1.29 is 14.0 Å². The van der Waals surface area contributed by atoms with Crippen LogP contribution in [-0.4, -0.2) is 35.6 Å². The first-order valence-electron chi connectivity index (χ1n) is 7.06. The Morgan fingerprint density at radius 1 is 1.36 bits per heavy atom. The van der Waals surface area contributed by atoms with Gasteiger partial charge in [0.25, 0.3) is 0 Å². The second-order valence-electron chi connectivity index (χ2n) is 5.29. The Morgan fingerprint density at radius 2 is 2.05 bits per heavy atom.